The van der Waals surface area contributed by atoms with Gasteiger partial charge in [0.05, 0.1) is 11.9 Å². The molecule has 0 aliphatic carbocycles. The van der Waals surface area contributed by atoms with Gasteiger partial charge >= 0.3 is 6.36 Å². The first-order valence-corrected chi connectivity index (χ1v) is 3.41. The zero-order chi connectivity index (χ0) is 9.90. The number of pyridine rings is 1. The highest BCUT2D eigenvalue weighted by Crippen LogP contribution is 2.21. The molecule has 0 amide bonds. The lowest BCUT2D eigenvalue weighted by Gasteiger charge is -2.07. The van der Waals surface area contributed by atoms with E-state index in [0.717, 1.165) is 6.07 Å². The number of anilines is 1. The average molecular weight is 229 g/mol. The van der Waals surface area contributed by atoms with Crippen LogP contribution < -0.4 is 10.1 Å². The fraction of sp³-hybridized carbons (Fsp3) is 0.286. The van der Waals surface area contributed by atoms with Crippen LogP contribution in [0.3, 0.4) is 0 Å². The molecule has 80 valence electrons. The molecule has 1 heterocycles. The number of nitrogens with one attached hydrogen (secondary N) is 1. The van der Waals surface area contributed by atoms with Gasteiger partial charge in [-0.15, -0.1) is 25.6 Å². The van der Waals surface area contributed by atoms with Crippen LogP contribution in [-0.4, -0.2) is 18.4 Å². The summed E-state index contributed by atoms with van der Waals surface area (Å²) < 4.78 is 38.5. The molecule has 7 heteroatoms. The number of aromatic nitrogens is 1. The molecule has 0 fully saturated rings. The maximum absolute atomic E-state index is 11.6. The van der Waals surface area contributed by atoms with Crippen molar-refractivity contribution >= 4 is 18.1 Å². The minimum absolute atomic E-state index is 0. The third-order valence-corrected chi connectivity index (χ3v) is 1.25. The third-order valence-electron chi connectivity index (χ3n) is 1.25. The molecule has 0 spiro atoms. The Kier molecular flexibility index (Phi) is 4.49. The fourth-order valence-corrected chi connectivity index (χ4v) is 0.707. The van der Waals surface area contributed by atoms with E-state index in [1.165, 1.54) is 12.3 Å². The SMILES string of the molecule is CNc1ccc(OC(F)(F)F)nc1.Cl. The Balaban J connectivity index is 0.00000169. The monoisotopic (exact) mass is 228 g/mol. The molecular weight excluding hydrogens is 221 g/mol. The lowest BCUT2D eigenvalue weighted by molar-refractivity contribution is -0.276. The molecule has 1 aromatic heterocycles. The van der Waals surface area contributed by atoms with Crippen LogP contribution in [-0.2, 0) is 0 Å². The number of hydrogen-bond acceptors (Lipinski definition) is 3. The zero-order valence-corrected chi connectivity index (χ0v) is 7.95. The standard InChI is InChI=1S/C7H7F3N2O.ClH/c1-11-5-2-3-6(12-4-5)13-7(8,9)10;/h2-4,11H,1H3;1H. The second kappa shape index (κ2) is 4.90. The fourth-order valence-electron chi connectivity index (χ4n) is 0.707. The van der Waals surface area contributed by atoms with Crippen molar-refractivity contribution in [1.29, 1.82) is 0 Å². The molecule has 0 unspecified atom stereocenters. The summed E-state index contributed by atoms with van der Waals surface area (Å²) in [4.78, 5) is 3.43. The van der Waals surface area contributed by atoms with Crippen LogP contribution in [0.4, 0.5) is 18.9 Å². The second-order valence-corrected chi connectivity index (χ2v) is 2.18. The van der Waals surface area contributed by atoms with E-state index in [4.69, 9.17) is 0 Å². The molecule has 0 radical (unpaired) electrons. The van der Waals surface area contributed by atoms with Gasteiger partial charge in [-0.2, -0.15) is 0 Å². The van der Waals surface area contributed by atoms with E-state index >= 15 is 0 Å². The van der Waals surface area contributed by atoms with Gasteiger partial charge in [0.15, 0.2) is 0 Å². The Bertz CT molecular complexity index is 275. The van der Waals surface area contributed by atoms with Crippen LogP contribution in [0.5, 0.6) is 5.88 Å². The highest BCUT2D eigenvalue weighted by Gasteiger charge is 2.31. The summed E-state index contributed by atoms with van der Waals surface area (Å²) in [5.74, 6) is -0.466. The highest BCUT2D eigenvalue weighted by molar-refractivity contribution is 5.85. The zero-order valence-electron chi connectivity index (χ0n) is 7.13. The molecule has 1 N–H and O–H groups in total. The molecule has 0 atom stereocenters. The van der Waals surface area contributed by atoms with E-state index in [1.807, 2.05) is 0 Å². The van der Waals surface area contributed by atoms with Crippen molar-refractivity contribution < 1.29 is 17.9 Å². The van der Waals surface area contributed by atoms with E-state index < -0.39 is 12.2 Å². The Morgan fingerprint density at radius 2 is 2.00 bits per heavy atom. The summed E-state index contributed by atoms with van der Waals surface area (Å²) in [5, 5.41) is 2.72. The van der Waals surface area contributed by atoms with Crippen LogP contribution in [0.25, 0.3) is 0 Å². The molecule has 0 bridgehead atoms. The summed E-state index contributed by atoms with van der Waals surface area (Å²) in [6.45, 7) is 0. The van der Waals surface area contributed by atoms with Gasteiger partial charge in [-0.25, -0.2) is 4.98 Å². The maximum atomic E-state index is 11.6. The summed E-state index contributed by atoms with van der Waals surface area (Å²) in [7, 11) is 1.64. The summed E-state index contributed by atoms with van der Waals surface area (Å²) in [6, 6.07) is 2.58. The van der Waals surface area contributed by atoms with Gasteiger partial charge in [0, 0.05) is 13.1 Å². The molecule has 0 saturated heterocycles. The van der Waals surface area contributed by atoms with E-state index in [9.17, 15) is 13.2 Å². The highest BCUT2D eigenvalue weighted by atomic mass is 35.5. The first-order valence-electron chi connectivity index (χ1n) is 3.41. The van der Waals surface area contributed by atoms with Crippen molar-refractivity contribution in [3.05, 3.63) is 18.3 Å². The molecule has 0 aromatic carbocycles. The Morgan fingerprint density at radius 3 is 2.36 bits per heavy atom. The van der Waals surface area contributed by atoms with Crippen molar-refractivity contribution in [3.63, 3.8) is 0 Å². The third kappa shape index (κ3) is 4.18. The molecular formula is C7H8ClF3N2O. The minimum atomic E-state index is -4.69. The topological polar surface area (TPSA) is 34.1 Å². The lowest BCUT2D eigenvalue weighted by Crippen LogP contribution is -2.17. The Labute approximate surface area is 84.7 Å². The summed E-state index contributed by atoms with van der Waals surface area (Å²) in [5.41, 5.74) is 0.620. The van der Waals surface area contributed by atoms with Gasteiger partial charge in [0.2, 0.25) is 5.88 Å². The van der Waals surface area contributed by atoms with E-state index in [-0.39, 0.29) is 12.4 Å². The lowest BCUT2D eigenvalue weighted by atomic mass is 10.4. The first-order chi connectivity index (χ1) is 6.01. The van der Waals surface area contributed by atoms with Gasteiger partial charge in [0.25, 0.3) is 0 Å². The van der Waals surface area contributed by atoms with Gasteiger partial charge < -0.3 is 10.1 Å². The number of hydrogen-bond donors (Lipinski definition) is 1. The molecule has 0 aliphatic heterocycles. The molecule has 0 saturated carbocycles. The smallest absolute Gasteiger partial charge is 0.388 e. The van der Waals surface area contributed by atoms with Crippen LogP contribution in [0.2, 0.25) is 0 Å². The Hall–Kier alpha value is -1.17. The van der Waals surface area contributed by atoms with Crippen molar-refractivity contribution in [2.24, 2.45) is 0 Å². The Morgan fingerprint density at radius 1 is 1.36 bits per heavy atom. The predicted molar refractivity (Wildman–Crippen MR) is 47.7 cm³/mol. The first kappa shape index (κ1) is 12.8. The number of halogens is 4. The van der Waals surface area contributed by atoms with Crippen molar-refractivity contribution in [2.75, 3.05) is 12.4 Å². The molecule has 1 aromatic rings. The maximum Gasteiger partial charge on any atom is 0.574 e. The van der Waals surface area contributed by atoms with Crippen molar-refractivity contribution in [3.8, 4) is 5.88 Å². The largest absolute Gasteiger partial charge is 0.574 e. The van der Waals surface area contributed by atoms with Crippen LogP contribution >= 0.6 is 12.4 Å². The van der Waals surface area contributed by atoms with E-state index in [1.54, 1.807) is 7.05 Å². The van der Waals surface area contributed by atoms with Gasteiger partial charge in [-0.3, -0.25) is 0 Å². The minimum Gasteiger partial charge on any atom is -0.388 e. The number of ether oxygens (including phenoxy) is 1. The van der Waals surface area contributed by atoms with Crippen molar-refractivity contribution in [1.82, 2.24) is 4.98 Å². The predicted octanol–water partition coefficient (Wildman–Crippen LogP) is 2.44. The quantitative estimate of drug-likeness (QED) is 0.844. The van der Waals surface area contributed by atoms with E-state index in [2.05, 4.69) is 15.0 Å². The second-order valence-electron chi connectivity index (χ2n) is 2.18. The number of alkyl halides is 3. The molecule has 3 nitrogen and oxygen atoms in total. The van der Waals surface area contributed by atoms with E-state index in [0.29, 0.717) is 5.69 Å². The number of nitrogens with zero attached hydrogens (tertiary/aromatic N) is 1. The van der Waals surface area contributed by atoms with Crippen LogP contribution in [0.1, 0.15) is 0 Å². The summed E-state index contributed by atoms with van der Waals surface area (Å²) >= 11 is 0. The molecule has 14 heavy (non-hydrogen) atoms. The van der Waals surface area contributed by atoms with Crippen LogP contribution in [0, 0.1) is 0 Å². The van der Waals surface area contributed by atoms with Gasteiger partial charge in [-0.1, -0.05) is 0 Å². The normalized spacial score (nSPS) is 10.3. The molecule has 0 aliphatic rings. The summed E-state index contributed by atoms with van der Waals surface area (Å²) in [6.07, 6.45) is -3.44. The molecule has 1 rings (SSSR count). The average Bonchev–Trinajstić information content (AvgIpc) is 2.03. The van der Waals surface area contributed by atoms with Crippen molar-refractivity contribution in [2.45, 2.75) is 6.36 Å². The van der Waals surface area contributed by atoms with Gasteiger partial charge in [0.1, 0.15) is 0 Å². The number of rotatable bonds is 2. The van der Waals surface area contributed by atoms with Crippen LogP contribution in [0.15, 0.2) is 18.3 Å². The van der Waals surface area contributed by atoms with Gasteiger partial charge in [-0.05, 0) is 6.07 Å².